The summed E-state index contributed by atoms with van der Waals surface area (Å²) in [6, 6.07) is 11.9. The standard InChI is InChI=1S/C24H27N5O3S/c1-2-11-29-15-24(28-33(29,30)31)19-8-9-20(24)14-18-12-17(7-6-16(18)13-19)23-26-22(27-32-23)21-5-3-4-10-25-21/h3-7,10,12,19-20,28H,2,8-9,11,13-15H2,1H3. The summed E-state index contributed by atoms with van der Waals surface area (Å²) in [7, 11) is -3.42. The summed E-state index contributed by atoms with van der Waals surface area (Å²) >= 11 is 0. The van der Waals surface area contributed by atoms with E-state index < -0.39 is 10.2 Å². The van der Waals surface area contributed by atoms with E-state index in [-0.39, 0.29) is 11.5 Å². The van der Waals surface area contributed by atoms with E-state index in [9.17, 15) is 8.42 Å². The van der Waals surface area contributed by atoms with E-state index in [1.807, 2.05) is 31.2 Å². The number of benzene rings is 1. The molecule has 1 N–H and O–H groups in total. The summed E-state index contributed by atoms with van der Waals surface area (Å²) in [5.41, 5.74) is 3.73. The number of nitrogens with zero attached hydrogens (tertiary/aromatic N) is 4. The molecule has 3 heterocycles. The number of pyridine rings is 1. The van der Waals surface area contributed by atoms with Gasteiger partial charge < -0.3 is 4.52 Å². The van der Waals surface area contributed by atoms with Crippen LogP contribution < -0.4 is 4.72 Å². The van der Waals surface area contributed by atoms with Crippen LogP contribution in [0.4, 0.5) is 0 Å². The number of fused-ring (bicyclic) bond motifs is 1. The van der Waals surface area contributed by atoms with Gasteiger partial charge in [-0.2, -0.15) is 22.4 Å². The molecule has 172 valence electrons. The van der Waals surface area contributed by atoms with Crippen LogP contribution >= 0.6 is 0 Å². The first-order valence-corrected chi connectivity index (χ1v) is 13.1. The van der Waals surface area contributed by atoms with Gasteiger partial charge >= 0.3 is 0 Å². The summed E-state index contributed by atoms with van der Waals surface area (Å²) in [5, 5.41) is 4.10. The minimum absolute atomic E-state index is 0.280. The molecule has 2 aliphatic carbocycles. The first-order valence-electron chi connectivity index (χ1n) is 11.6. The highest BCUT2D eigenvalue weighted by atomic mass is 32.2. The van der Waals surface area contributed by atoms with Gasteiger partial charge in [-0.15, -0.1) is 0 Å². The van der Waals surface area contributed by atoms with Crippen LogP contribution in [0.25, 0.3) is 23.0 Å². The van der Waals surface area contributed by atoms with Gasteiger partial charge in [-0.25, -0.2) is 0 Å². The molecule has 33 heavy (non-hydrogen) atoms. The molecule has 3 atom stereocenters. The fraction of sp³-hybridized carbons (Fsp3) is 0.458. The minimum Gasteiger partial charge on any atom is -0.334 e. The molecule has 3 aliphatic rings. The molecule has 9 heteroatoms. The Hall–Kier alpha value is -2.62. The fourth-order valence-electron chi connectivity index (χ4n) is 6.03. The monoisotopic (exact) mass is 465 g/mol. The van der Waals surface area contributed by atoms with Crippen LogP contribution in [0.15, 0.2) is 47.1 Å². The van der Waals surface area contributed by atoms with Crippen molar-refractivity contribution in [3.8, 4) is 23.0 Å². The highest BCUT2D eigenvalue weighted by Crippen LogP contribution is 2.50. The number of hydrogen-bond donors (Lipinski definition) is 1. The van der Waals surface area contributed by atoms with Gasteiger partial charge in [0.05, 0.1) is 5.54 Å². The maximum absolute atomic E-state index is 12.9. The molecule has 0 amide bonds. The summed E-state index contributed by atoms with van der Waals surface area (Å²) in [4.78, 5) is 8.84. The van der Waals surface area contributed by atoms with Crippen molar-refractivity contribution in [3.05, 3.63) is 53.7 Å². The molecule has 1 saturated heterocycles. The van der Waals surface area contributed by atoms with E-state index in [2.05, 4.69) is 32.0 Å². The average molecular weight is 466 g/mol. The maximum Gasteiger partial charge on any atom is 0.280 e. The van der Waals surface area contributed by atoms with Crippen molar-refractivity contribution in [2.24, 2.45) is 11.8 Å². The number of hydrogen-bond acceptors (Lipinski definition) is 6. The number of aromatic nitrogens is 3. The Morgan fingerprint density at radius 2 is 1.97 bits per heavy atom. The van der Waals surface area contributed by atoms with Gasteiger partial charge in [-0.3, -0.25) is 4.98 Å². The summed E-state index contributed by atoms with van der Waals surface area (Å²) in [6.45, 7) is 3.18. The lowest BCUT2D eigenvalue weighted by Crippen LogP contribution is -2.52. The Labute approximate surface area is 193 Å². The molecule has 8 nitrogen and oxygen atoms in total. The van der Waals surface area contributed by atoms with Crippen LogP contribution in [-0.4, -0.2) is 46.5 Å². The van der Waals surface area contributed by atoms with Crippen molar-refractivity contribution in [1.29, 1.82) is 0 Å². The molecular formula is C24H27N5O3S. The third-order valence-corrected chi connectivity index (χ3v) is 9.23. The molecule has 2 aromatic heterocycles. The molecule has 0 radical (unpaired) electrons. The van der Waals surface area contributed by atoms with Crippen LogP contribution in [0, 0.1) is 11.8 Å². The lowest BCUT2D eigenvalue weighted by molar-refractivity contribution is 0.213. The lowest BCUT2D eigenvalue weighted by atomic mass is 9.79. The highest BCUT2D eigenvalue weighted by molar-refractivity contribution is 7.87. The molecule has 6 rings (SSSR count). The Morgan fingerprint density at radius 1 is 1.15 bits per heavy atom. The average Bonchev–Trinajstić information content (AvgIpc) is 3.45. The van der Waals surface area contributed by atoms with Gasteiger partial charge in [0.25, 0.3) is 16.1 Å². The molecule has 1 aliphatic heterocycles. The smallest absolute Gasteiger partial charge is 0.280 e. The van der Waals surface area contributed by atoms with Crippen molar-refractivity contribution < 1.29 is 12.9 Å². The third-order valence-electron chi connectivity index (χ3n) is 7.60. The van der Waals surface area contributed by atoms with E-state index in [4.69, 9.17) is 4.52 Å². The third kappa shape index (κ3) is 3.41. The Morgan fingerprint density at radius 3 is 2.73 bits per heavy atom. The van der Waals surface area contributed by atoms with Crippen molar-refractivity contribution in [1.82, 2.24) is 24.2 Å². The summed E-state index contributed by atoms with van der Waals surface area (Å²) in [6.07, 6.45) is 6.37. The van der Waals surface area contributed by atoms with Gasteiger partial charge in [0.15, 0.2) is 0 Å². The van der Waals surface area contributed by atoms with E-state index in [1.54, 1.807) is 10.5 Å². The van der Waals surface area contributed by atoms with Crippen LogP contribution in [0.3, 0.4) is 0 Å². The zero-order valence-corrected chi connectivity index (χ0v) is 19.4. The Balaban J connectivity index is 1.31. The molecule has 3 aromatic rings. The quantitative estimate of drug-likeness (QED) is 0.635. The largest absolute Gasteiger partial charge is 0.334 e. The van der Waals surface area contributed by atoms with Crippen molar-refractivity contribution in [3.63, 3.8) is 0 Å². The van der Waals surface area contributed by atoms with Crippen LogP contribution in [-0.2, 0) is 23.1 Å². The Bertz CT molecular complexity index is 1290. The second kappa shape index (κ2) is 7.72. The van der Waals surface area contributed by atoms with Crippen LogP contribution in [0.5, 0.6) is 0 Å². The SMILES string of the molecule is CCCN1CC2(NS1(=O)=O)C1CCC2Cc2cc(-c3nc(-c4ccccn4)no3)ccc2C1. The molecule has 1 spiro atoms. The molecule has 2 bridgehead atoms. The topological polar surface area (TPSA) is 101 Å². The maximum atomic E-state index is 12.9. The van der Waals surface area contributed by atoms with E-state index >= 15 is 0 Å². The predicted octanol–water partition coefficient (Wildman–Crippen LogP) is 3.22. The van der Waals surface area contributed by atoms with Gasteiger partial charge in [0.2, 0.25) is 5.82 Å². The van der Waals surface area contributed by atoms with Gasteiger partial charge in [-0.05, 0) is 79.3 Å². The number of rotatable bonds is 4. The van der Waals surface area contributed by atoms with Gasteiger partial charge in [0.1, 0.15) is 5.69 Å². The molecular weight excluding hydrogens is 438 g/mol. The lowest BCUT2D eigenvalue weighted by Gasteiger charge is -2.33. The van der Waals surface area contributed by atoms with Gasteiger partial charge in [0, 0.05) is 24.8 Å². The number of nitrogens with one attached hydrogen (secondary N) is 1. The first kappa shape index (κ1) is 20.9. The van der Waals surface area contributed by atoms with E-state index in [1.165, 1.54) is 11.1 Å². The van der Waals surface area contributed by atoms with Gasteiger partial charge in [-0.1, -0.05) is 24.2 Å². The zero-order chi connectivity index (χ0) is 22.6. The highest BCUT2D eigenvalue weighted by Gasteiger charge is 2.59. The normalized spacial score (nSPS) is 28.2. The first-order chi connectivity index (χ1) is 16.0. The molecule has 1 aromatic carbocycles. The second-order valence-corrected chi connectivity index (χ2v) is 11.2. The van der Waals surface area contributed by atoms with Crippen LogP contribution in [0.1, 0.15) is 37.3 Å². The second-order valence-electron chi connectivity index (χ2n) is 9.48. The fourth-order valence-corrected chi connectivity index (χ4v) is 7.84. The van der Waals surface area contributed by atoms with E-state index in [0.717, 1.165) is 37.7 Å². The zero-order valence-electron chi connectivity index (χ0n) is 18.6. The van der Waals surface area contributed by atoms with Crippen molar-refractivity contribution in [2.75, 3.05) is 13.1 Å². The van der Waals surface area contributed by atoms with Crippen molar-refractivity contribution >= 4 is 10.2 Å². The molecule has 3 unspecified atom stereocenters. The van der Waals surface area contributed by atoms with Crippen molar-refractivity contribution in [2.45, 2.75) is 44.6 Å². The molecule has 2 fully saturated rings. The summed E-state index contributed by atoms with van der Waals surface area (Å²) < 4.78 is 36.1. The molecule has 1 saturated carbocycles. The summed E-state index contributed by atoms with van der Waals surface area (Å²) in [5.74, 6) is 1.53. The predicted molar refractivity (Wildman–Crippen MR) is 123 cm³/mol. The minimum atomic E-state index is -3.42. The van der Waals surface area contributed by atoms with E-state index in [0.29, 0.717) is 36.4 Å². The Kier molecular flexibility index (Phi) is 4.90. The van der Waals surface area contributed by atoms with Crippen LogP contribution in [0.2, 0.25) is 0 Å².